The van der Waals surface area contributed by atoms with Crippen LogP contribution in [-0.2, 0) is 0 Å². The van der Waals surface area contributed by atoms with Crippen LogP contribution in [0.4, 0.5) is 0 Å². The quantitative estimate of drug-likeness (QED) is 0.389. The summed E-state index contributed by atoms with van der Waals surface area (Å²) in [4.78, 5) is 0. The zero-order chi connectivity index (χ0) is 7.82. The summed E-state index contributed by atoms with van der Waals surface area (Å²) in [5, 5.41) is 0. The summed E-state index contributed by atoms with van der Waals surface area (Å²) >= 11 is 0. The van der Waals surface area contributed by atoms with Crippen LogP contribution in [0.5, 0.6) is 0 Å². The van der Waals surface area contributed by atoms with Crippen molar-refractivity contribution < 1.29 is 2.74 Å². The van der Waals surface area contributed by atoms with Crippen LogP contribution in [-0.4, -0.2) is 0 Å². The summed E-state index contributed by atoms with van der Waals surface area (Å²) in [6.07, 6.45) is 9.51. The van der Waals surface area contributed by atoms with Gasteiger partial charge >= 0.3 is 0 Å². The van der Waals surface area contributed by atoms with E-state index < -0.39 is 6.88 Å². The molecule has 0 bridgehead atoms. The lowest BCUT2D eigenvalue weighted by Crippen LogP contribution is -1.60. The molecule has 0 aliphatic heterocycles. The third-order valence-corrected chi connectivity index (χ3v) is 0.872. The van der Waals surface area contributed by atoms with Gasteiger partial charge in [-0.05, 0) is 26.6 Å². The van der Waals surface area contributed by atoms with Gasteiger partial charge < -0.3 is 0 Å². The van der Waals surface area contributed by atoms with Gasteiger partial charge in [-0.3, -0.25) is 0 Å². The summed E-state index contributed by atoms with van der Waals surface area (Å²) in [7, 11) is 0. The second kappa shape index (κ2) is 6.48. The molecule has 8 heavy (non-hydrogen) atoms. The molecule has 0 aromatic rings. The summed E-state index contributed by atoms with van der Waals surface area (Å²) in [5.74, 6) is 0. The molecule has 0 fully saturated rings. The number of rotatable bonds is 3. The van der Waals surface area contributed by atoms with Crippen LogP contribution < -0.4 is 0 Å². The summed E-state index contributed by atoms with van der Waals surface area (Å²) in [6, 6.07) is 0. The molecule has 0 saturated heterocycles. The lowest BCUT2D eigenvalue weighted by Gasteiger charge is -1.81. The van der Waals surface area contributed by atoms with Gasteiger partial charge in [0.25, 0.3) is 0 Å². The van der Waals surface area contributed by atoms with Crippen molar-refractivity contribution in [3.63, 3.8) is 0 Å². The molecule has 0 saturated carbocycles. The minimum Gasteiger partial charge on any atom is -0.0917 e. The zero-order valence-electron chi connectivity index (χ0n) is 7.30. The number of hydrogen-bond donors (Lipinski definition) is 0. The Labute approximate surface area is 54.7 Å². The Morgan fingerprint density at radius 3 is 2.38 bits per heavy atom. The van der Waals surface area contributed by atoms with Gasteiger partial charge in [0.05, 0.1) is 0 Å². The molecule has 0 nitrogen and oxygen atoms in total. The van der Waals surface area contributed by atoms with Crippen LogP contribution in [0.2, 0.25) is 0 Å². The Balaban J connectivity index is 3.18. The standard InChI is InChI=1S/C8H14/c1-3-5-7-8-6-4-2/h3-6H,7-8H2,1-2H3/i1D2. The molecular formula is C8H14. The van der Waals surface area contributed by atoms with Crippen molar-refractivity contribution in [2.45, 2.75) is 26.6 Å². The Morgan fingerprint density at radius 1 is 1.25 bits per heavy atom. The van der Waals surface area contributed by atoms with E-state index in [9.17, 15) is 0 Å². The lowest BCUT2D eigenvalue weighted by molar-refractivity contribution is 1.05. The fourth-order valence-electron chi connectivity index (χ4n) is 0.455. The molecule has 0 spiro atoms. The van der Waals surface area contributed by atoms with Gasteiger partial charge in [-0.15, -0.1) is 0 Å². The monoisotopic (exact) mass is 112 g/mol. The third-order valence-electron chi connectivity index (χ3n) is 0.872. The normalized spacial score (nSPS) is 15.8. The van der Waals surface area contributed by atoms with Crippen LogP contribution in [0.15, 0.2) is 24.3 Å². The highest BCUT2D eigenvalue weighted by molar-refractivity contribution is 4.83. The van der Waals surface area contributed by atoms with E-state index in [1.54, 1.807) is 6.08 Å². The van der Waals surface area contributed by atoms with E-state index >= 15 is 0 Å². The predicted octanol–water partition coefficient (Wildman–Crippen LogP) is 2.92. The third kappa shape index (κ3) is 5.48. The van der Waals surface area contributed by atoms with Crippen LogP contribution in [0.25, 0.3) is 0 Å². The largest absolute Gasteiger partial charge is 0.0917 e. The molecule has 0 rings (SSSR count). The first-order valence-corrected chi connectivity index (χ1v) is 2.89. The van der Waals surface area contributed by atoms with Gasteiger partial charge in [0, 0.05) is 2.74 Å². The second-order valence-corrected chi connectivity index (χ2v) is 1.57. The SMILES string of the molecule is [2H]C([2H])C=CCCC=CC. The maximum absolute atomic E-state index is 6.82. The highest BCUT2D eigenvalue weighted by atomic mass is 13.8. The Kier molecular flexibility index (Phi) is 3.54. The summed E-state index contributed by atoms with van der Waals surface area (Å²) in [6.45, 7) is 1.19. The Morgan fingerprint density at radius 2 is 1.88 bits per heavy atom. The summed E-state index contributed by atoms with van der Waals surface area (Å²) in [5.41, 5.74) is 0. The maximum Gasteiger partial charge on any atom is 0.0273 e. The van der Waals surface area contributed by atoms with Crippen LogP contribution in [0, 0.1) is 0 Å². The first kappa shape index (κ1) is 4.37. The van der Waals surface area contributed by atoms with E-state index in [-0.39, 0.29) is 0 Å². The molecule has 0 heterocycles. The van der Waals surface area contributed by atoms with Crippen LogP contribution in [0.3, 0.4) is 0 Å². The predicted molar refractivity (Wildman–Crippen MR) is 38.9 cm³/mol. The van der Waals surface area contributed by atoms with E-state index in [1.165, 1.54) is 0 Å². The van der Waals surface area contributed by atoms with Gasteiger partial charge in [0.1, 0.15) is 0 Å². The molecule has 0 amide bonds. The molecule has 0 unspecified atom stereocenters. The molecule has 0 aromatic carbocycles. The van der Waals surface area contributed by atoms with Crippen LogP contribution >= 0.6 is 0 Å². The Bertz CT molecular complexity index is 114. The van der Waals surface area contributed by atoms with E-state index in [4.69, 9.17) is 2.74 Å². The number of allylic oxidation sites excluding steroid dienone is 4. The number of unbranched alkanes of at least 4 members (excludes halogenated alkanes) is 1. The van der Waals surface area contributed by atoms with Gasteiger partial charge in [0.15, 0.2) is 0 Å². The lowest BCUT2D eigenvalue weighted by atomic mass is 10.3. The average molecular weight is 112 g/mol. The highest BCUT2D eigenvalue weighted by Gasteiger charge is 1.70. The van der Waals surface area contributed by atoms with E-state index in [0.717, 1.165) is 12.8 Å². The van der Waals surface area contributed by atoms with Crippen molar-refractivity contribution in [1.82, 2.24) is 0 Å². The first-order chi connectivity index (χ1) is 4.77. The van der Waals surface area contributed by atoms with Gasteiger partial charge in [-0.2, -0.15) is 0 Å². The van der Waals surface area contributed by atoms with Crippen molar-refractivity contribution in [2.75, 3.05) is 0 Å². The number of hydrogen-bond acceptors (Lipinski definition) is 0. The molecular weight excluding hydrogens is 96.1 g/mol. The molecule has 46 valence electrons. The molecule has 0 aliphatic rings. The van der Waals surface area contributed by atoms with Crippen LogP contribution in [0.1, 0.15) is 29.4 Å². The topological polar surface area (TPSA) is 0 Å². The molecule has 0 N–H and O–H groups in total. The highest BCUT2D eigenvalue weighted by Crippen LogP contribution is 1.90. The fourth-order valence-corrected chi connectivity index (χ4v) is 0.455. The molecule has 0 radical (unpaired) electrons. The maximum atomic E-state index is 6.82. The van der Waals surface area contributed by atoms with E-state index in [2.05, 4.69) is 6.08 Å². The minimum atomic E-state index is -0.800. The van der Waals surface area contributed by atoms with Crippen molar-refractivity contribution >= 4 is 0 Å². The average Bonchev–Trinajstić information content (AvgIpc) is 1.87. The molecule has 0 heteroatoms. The van der Waals surface area contributed by atoms with Crippen molar-refractivity contribution in [1.29, 1.82) is 0 Å². The van der Waals surface area contributed by atoms with Crippen molar-refractivity contribution in [2.24, 2.45) is 0 Å². The van der Waals surface area contributed by atoms with Crippen molar-refractivity contribution in [3.05, 3.63) is 24.3 Å². The summed E-state index contributed by atoms with van der Waals surface area (Å²) < 4.78 is 13.6. The Hall–Kier alpha value is -0.520. The smallest absolute Gasteiger partial charge is 0.0273 e. The van der Waals surface area contributed by atoms with E-state index in [0.29, 0.717) is 0 Å². The second-order valence-electron chi connectivity index (χ2n) is 1.57. The van der Waals surface area contributed by atoms with Crippen molar-refractivity contribution in [3.8, 4) is 0 Å². The molecule has 0 aliphatic carbocycles. The zero-order valence-corrected chi connectivity index (χ0v) is 5.30. The van der Waals surface area contributed by atoms with Gasteiger partial charge in [-0.1, -0.05) is 24.3 Å². The molecule has 0 atom stereocenters. The van der Waals surface area contributed by atoms with Gasteiger partial charge in [-0.25, -0.2) is 0 Å². The molecule has 0 aromatic heterocycles. The fraction of sp³-hybridized carbons (Fsp3) is 0.500. The van der Waals surface area contributed by atoms with Gasteiger partial charge in [0.2, 0.25) is 0 Å². The van der Waals surface area contributed by atoms with E-state index in [1.807, 2.05) is 19.1 Å². The minimum absolute atomic E-state index is 0.800. The first-order valence-electron chi connectivity index (χ1n) is 4.05.